The van der Waals surface area contributed by atoms with Crippen molar-refractivity contribution in [2.75, 3.05) is 19.6 Å². The highest BCUT2D eigenvalue weighted by molar-refractivity contribution is 5.97. The normalized spacial score (nSPS) is 23.7. The number of carbonyl (C=O) groups excluding carboxylic acids is 1. The lowest BCUT2D eigenvalue weighted by atomic mass is 9.96. The van der Waals surface area contributed by atoms with Crippen molar-refractivity contribution in [3.8, 4) is 5.75 Å². The van der Waals surface area contributed by atoms with Gasteiger partial charge in [0.25, 0.3) is 0 Å². The Bertz CT molecular complexity index is 711. The van der Waals surface area contributed by atoms with Gasteiger partial charge in [-0.25, -0.2) is 0 Å². The molecule has 2 aromatic carbocycles. The van der Waals surface area contributed by atoms with Crippen LogP contribution in [0.4, 0.5) is 0 Å². The van der Waals surface area contributed by atoms with Gasteiger partial charge in [-0.2, -0.15) is 0 Å². The SMILES string of the molecule is O=C(CN1C[C@@H]2CC(Cc3ccccc3)C[C@H]2C1)c1ccc(O)cc1. The minimum Gasteiger partial charge on any atom is -0.508 e. The molecule has 130 valence electrons. The van der Waals surface area contributed by atoms with Crippen LogP contribution in [0.3, 0.4) is 0 Å². The number of rotatable bonds is 5. The average molecular weight is 335 g/mol. The van der Waals surface area contributed by atoms with Crippen molar-refractivity contribution in [1.82, 2.24) is 4.90 Å². The molecule has 0 spiro atoms. The average Bonchev–Trinajstić information content (AvgIpc) is 3.14. The van der Waals surface area contributed by atoms with Crippen LogP contribution >= 0.6 is 0 Å². The van der Waals surface area contributed by atoms with Crippen molar-refractivity contribution in [3.05, 3.63) is 65.7 Å². The Morgan fingerprint density at radius 2 is 1.60 bits per heavy atom. The van der Waals surface area contributed by atoms with Crippen LogP contribution in [0.2, 0.25) is 0 Å². The molecule has 1 aliphatic heterocycles. The van der Waals surface area contributed by atoms with Crippen LogP contribution in [0.25, 0.3) is 0 Å². The van der Waals surface area contributed by atoms with Gasteiger partial charge in [0.15, 0.2) is 5.78 Å². The number of nitrogens with zero attached hydrogens (tertiary/aromatic N) is 1. The van der Waals surface area contributed by atoms with Crippen LogP contribution in [0.1, 0.15) is 28.8 Å². The van der Waals surface area contributed by atoms with Crippen LogP contribution < -0.4 is 0 Å². The number of hydrogen-bond acceptors (Lipinski definition) is 3. The fraction of sp³-hybridized carbons (Fsp3) is 0.409. The Morgan fingerprint density at radius 3 is 2.24 bits per heavy atom. The molecule has 0 bridgehead atoms. The Hall–Kier alpha value is -2.13. The smallest absolute Gasteiger partial charge is 0.176 e. The topological polar surface area (TPSA) is 40.5 Å². The summed E-state index contributed by atoms with van der Waals surface area (Å²) < 4.78 is 0. The van der Waals surface area contributed by atoms with Crippen molar-refractivity contribution in [1.29, 1.82) is 0 Å². The van der Waals surface area contributed by atoms with Gasteiger partial charge in [-0.3, -0.25) is 9.69 Å². The first-order valence-corrected chi connectivity index (χ1v) is 9.26. The second kappa shape index (κ2) is 7.01. The number of benzene rings is 2. The maximum atomic E-state index is 12.4. The van der Waals surface area contributed by atoms with Crippen molar-refractivity contribution >= 4 is 5.78 Å². The molecule has 1 heterocycles. The van der Waals surface area contributed by atoms with Crippen molar-refractivity contribution in [3.63, 3.8) is 0 Å². The Labute approximate surface area is 149 Å². The van der Waals surface area contributed by atoms with E-state index in [9.17, 15) is 9.90 Å². The van der Waals surface area contributed by atoms with Gasteiger partial charge in [-0.1, -0.05) is 30.3 Å². The molecule has 1 saturated carbocycles. The number of aromatic hydroxyl groups is 1. The highest BCUT2D eigenvalue weighted by Gasteiger charge is 2.40. The molecule has 1 aliphatic carbocycles. The number of Topliss-reactive ketones (excluding diaryl/α,β-unsaturated/α-hetero) is 1. The minimum absolute atomic E-state index is 0.154. The zero-order valence-electron chi connectivity index (χ0n) is 14.5. The molecule has 2 atom stereocenters. The fourth-order valence-corrected chi connectivity index (χ4v) is 4.71. The van der Waals surface area contributed by atoms with Gasteiger partial charge in [0.2, 0.25) is 0 Å². The first-order valence-electron chi connectivity index (χ1n) is 9.26. The molecule has 0 radical (unpaired) electrons. The lowest BCUT2D eigenvalue weighted by Crippen LogP contribution is -2.29. The van der Waals surface area contributed by atoms with Crippen molar-refractivity contribution in [2.45, 2.75) is 19.3 Å². The summed E-state index contributed by atoms with van der Waals surface area (Å²) in [6.45, 7) is 2.61. The lowest BCUT2D eigenvalue weighted by Gasteiger charge is -2.18. The summed E-state index contributed by atoms with van der Waals surface area (Å²) in [6.07, 6.45) is 3.78. The van der Waals surface area contributed by atoms with Gasteiger partial charge < -0.3 is 5.11 Å². The number of phenolic OH excluding ortho intramolecular Hbond substituents is 1. The van der Waals surface area contributed by atoms with E-state index in [2.05, 4.69) is 35.2 Å². The van der Waals surface area contributed by atoms with E-state index in [1.165, 1.54) is 24.8 Å². The second-order valence-electron chi connectivity index (χ2n) is 7.71. The van der Waals surface area contributed by atoms with E-state index < -0.39 is 0 Å². The third kappa shape index (κ3) is 3.77. The number of carbonyl (C=O) groups is 1. The maximum Gasteiger partial charge on any atom is 0.176 e. The lowest BCUT2D eigenvalue weighted by molar-refractivity contribution is 0.0940. The number of phenols is 1. The Kier molecular flexibility index (Phi) is 4.58. The summed E-state index contributed by atoms with van der Waals surface area (Å²) in [5, 5.41) is 9.34. The van der Waals surface area contributed by atoms with Gasteiger partial charge >= 0.3 is 0 Å². The molecule has 2 aliphatic rings. The summed E-state index contributed by atoms with van der Waals surface area (Å²) in [5.74, 6) is 2.66. The molecular formula is C22H25NO2. The number of fused-ring (bicyclic) bond motifs is 1. The Morgan fingerprint density at radius 1 is 0.960 bits per heavy atom. The molecule has 1 saturated heterocycles. The summed E-state index contributed by atoms with van der Waals surface area (Å²) >= 11 is 0. The molecule has 2 fully saturated rings. The van der Waals surface area contributed by atoms with Crippen molar-refractivity contribution in [2.24, 2.45) is 17.8 Å². The van der Waals surface area contributed by atoms with E-state index in [-0.39, 0.29) is 11.5 Å². The van der Waals surface area contributed by atoms with Crippen LogP contribution in [0.5, 0.6) is 5.75 Å². The van der Waals surface area contributed by atoms with Gasteiger partial charge in [-0.15, -0.1) is 0 Å². The van der Waals surface area contributed by atoms with Crippen LogP contribution in [-0.2, 0) is 6.42 Å². The first-order chi connectivity index (χ1) is 12.2. The summed E-state index contributed by atoms with van der Waals surface area (Å²) in [4.78, 5) is 14.7. The van der Waals surface area contributed by atoms with Gasteiger partial charge in [0, 0.05) is 18.7 Å². The molecule has 0 unspecified atom stereocenters. The summed E-state index contributed by atoms with van der Waals surface area (Å²) in [6, 6.07) is 17.4. The predicted molar refractivity (Wildman–Crippen MR) is 98.7 cm³/mol. The number of likely N-dealkylation sites (tertiary alicyclic amines) is 1. The first kappa shape index (κ1) is 16.3. The van der Waals surface area contributed by atoms with Crippen LogP contribution in [0, 0.1) is 17.8 Å². The Balaban J connectivity index is 1.29. The largest absolute Gasteiger partial charge is 0.508 e. The standard InChI is InChI=1S/C22H25NO2/c24-21-8-6-18(7-9-21)22(25)15-23-13-19-11-17(12-20(19)14-23)10-16-4-2-1-3-5-16/h1-9,17,19-20,24H,10-15H2/t19-,20-/m0/s1. The van der Waals surface area contributed by atoms with Gasteiger partial charge in [0.05, 0.1) is 6.54 Å². The van der Waals surface area contributed by atoms with E-state index in [0.717, 1.165) is 30.8 Å². The molecular weight excluding hydrogens is 310 g/mol. The molecule has 0 aromatic heterocycles. The maximum absolute atomic E-state index is 12.4. The molecule has 2 aromatic rings. The minimum atomic E-state index is 0.154. The fourth-order valence-electron chi connectivity index (χ4n) is 4.71. The zero-order valence-corrected chi connectivity index (χ0v) is 14.5. The number of ketones is 1. The molecule has 0 amide bonds. The quantitative estimate of drug-likeness (QED) is 0.846. The second-order valence-corrected chi connectivity index (χ2v) is 7.71. The van der Waals surface area contributed by atoms with Crippen LogP contribution in [0.15, 0.2) is 54.6 Å². The third-order valence-electron chi connectivity index (χ3n) is 5.85. The van der Waals surface area contributed by atoms with Gasteiger partial charge in [0.1, 0.15) is 5.75 Å². The third-order valence-corrected chi connectivity index (χ3v) is 5.85. The highest BCUT2D eigenvalue weighted by atomic mass is 16.3. The van der Waals surface area contributed by atoms with Crippen molar-refractivity contribution < 1.29 is 9.90 Å². The van der Waals surface area contributed by atoms with E-state index in [4.69, 9.17) is 0 Å². The molecule has 1 N–H and O–H groups in total. The van der Waals surface area contributed by atoms with E-state index in [1.54, 1.807) is 24.3 Å². The van der Waals surface area contributed by atoms with E-state index in [0.29, 0.717) is 12.1 Å². The molecule has 4 rings (SSSR count). The van der Waals surface area contributed by atoms with E-state index in [1.807, 2.05) is 0 Å². The molecule has 3 nitrogen and oxygen atoms in total. The highest BCUT2D eigenvalue weighted by Crippen LogP contribution is 2.42. The van der Waals surface area contributed by atoms with E-state index >= 15 is 0 Å². The number of hydrogen-bond donors (Lipinski definition) is 1. The molecule has 25 heavy (non-hydrogen) atoms. The summed E-state index contributed by atoms with van der Waals surface area (Å²) in [5.41, 5.74) is 2.14. The molecule has 3 heteroatoms. The van der Waals surface area contributed by atoms with Crippen LogP contribution in [-0.4, -0.2) is 35.4 Å². The zero-order chi connectivity index (χ0) is 17.2. The predicted octanol–water partition coefficient (Wildman–Crippen LogP) is 3.78. The monoisotopic (exact) mass is 335 g/mol. The van der Waals surface area contributed by atoms with Gasteiger partial charge in [-0.05, 0) is 66.8 Å². The summed E-state index contributed by atoms with van der Waals surface area (Å²) in [7, 11) is 0.